The van der Waals surface area contributed by atoms with Crippen LogP contribution in [0.15, 0.2) is 36.4 Å². The van der Waals surface area contributed by atoms with E-state index in [0.717, 1.165) is 12.8 Å². The van der Waals surface area contributed by atoms with Gasteiger partial charge in [0.1, 0.15) is 12.1 Å². The molecule has 1 aromatic carbocycles. The lowest BCUT2D eigenvalue weighted by Gasteiger charge is -2.35. The lowest BCUT2D eigenvalue weighted by molar-refractivity contribution is -0.159. The van der Waals surface area contributed by atoms with Gasteiger partial charge in [-0.15, -0.1) is 0 Å². The molecule has 0 aromatic heterocycles. The molecule has 0 bridgehead atoms. The third-order valence-electron chi connectivity index (χ3n) is 5.55. The van der Waals surface area contributed by atoms with Gasteiger partial charge in [0.15, 0.2) is 0 Å². The summed E-state index contributed by atoms with van der Waals surface area (Å²) < 4.78 is 5.42. The fourth-order valence-corrected chi connectivity index (χ4v) is 4.08. The molecule has 2 aliphatic rings. The molecule has 166 valence electrons. The Morgan fingerprint density at radius 2 is 1.68 bits per heavy atom. The highest BCUT2D eigenvalue weighted by molar-refractivity contribution is 6.21. The highest BCUT2D eigenvalue weighted by atomic mass is 16.6. The molecule has 0 saturated carbocycles. The van der Waals surface area contributed by atoms with Crippen LogP contribution in [0.2, 0.25) is 0 Å². The first-order chi connectivity index (χ1) is 14.6. The second-order valence-corrected chi connectivity index (χ2v) is 9.12. The molecule has 0 spiro atoms. The Labute approximate surface area is 183 Å². The Kier molecular flexibility index (Phi) is 6.62. The van der Waals surface area contributed by atoms with Gasteiger partial charge in [-0.25, -0.2) is 0 Å². The van der Waals surface area contributed by atoms with E-state index in [-0.39, 0.29) is 36.9 Å². The Hall–Kier alpha value is -2.96. The Morgan fingerprint density at radius 3 is 2.26 bits per heavy atom. The number of esters is 1. The summed E-state index contributed by atoms with van der Waals surface area (Å²) >= 11 is 0. The number of rotatable bonds is 5. The van der Waals surface area contributed by atoms with Crippen molar-refractivity contribution in [3.63, 3.8) is 0 Å². The van der Waals surface area contributed by atoms with Gasteiger partial charge in [-0.05, 0) is 58.6 Å². The normalized spacial score (nSPS) is 19.9. The molecule has 2 heterocycles. The highest BCUT2D eigenvalue weighted by Crippen LogP contribution is 2.26. The molecule has 7 heteroatoms. The molecule has 1 atom stereocenters. The number of carbonyl (C=O) groups is 4. The molecule has 0 N–H and O–H groups in total. The third kappa shape index (κ3) is 5.21. The summed E-state index contributed by atoms with van der Waals surface area (Å²) in [6, 6.07) is 6.47. The molecule has 1 unspecified atom stereocenters. The van der Waals surface area contributed by atoms with Crippen LogP contribution in [0.5, 0.6) is 0 Å². The van der Waals surface area contributed by atoms with E-state index < -0.39 is 11.6 Å². The molecule has 31 heavy (non-hydrogen) atoms. The van der Waals surface area contributed by atoms with E-state index in [0.29, 0.717) is 36.0 Å². The Bertz CT molecular complexity index is 880. The predicted molar refractivity (Wildman–Crippen MR) is 115 cm³/mol. The molecule has 0 aliphatic carbocycles. The summed E-state index contributed by atoms with van der Waals surface area (Å²) in [4.78, 5) is 53.5. The van der Waals surface area contributed by atoms with Crippen molar-refractivity contribution in [2.45, 2.75) is 64.5 Å². The zero-order valence-corrected chi connectivity index (χ0v) is 18.5. The molecule has 1 aromatic rings. The fraction of sp³-hybridized carbons (Fsp3) is 0.500. The Morgan fingerprint density at radius 1 is 1.06 bits per heavy atom. The molecule has 3 rings (SSSR count). The second-order valence-electron chi connectivity index (χ2n) is 9.12. The lowest BCUT2D eigenvalue weighted by atomic mass is 9.96. The van der Waals surface area contributed by atoms with Gasteiger partial charge in [-0.2, -0.15) is 0 Å². The van der Waals surface area contributed by atoms with E-state index in [1.807, 2.05) is 0 Å². The number of ether oxygens (including phenoxy) is 1. The minimum Gasteiger partial charge on any atom is -0.459 e. The van der Waals surface area contributed by atoms with E-state index in [1.54, 1.807) is 45.0 Å². The predicted octanol–water partition coefficient (Wildman–Crippen LogP) is 3.34. The molecule has 1 saturated heterocycles. The van der Waals surface area contributed by atoms with Gasteiger partial charge in [-0.1, -0.05) is 25.1 Å². The van der Waals surface area contributed by atoms with Crippen LogP contribution in [0.3, 0.4) is 0 Å². The summed E-state index contributed by atoms with van der Waals surface area (Å²) in [6.07, 6.45) is 3.38. The van der Waals surface area contributed by atoms with Gasteiger partial charge < -0.3 is 9.64 Å². The fourth-order valence-electron chi connectivity index (χ4n) is 4.08. The number of nitrogens with zero attached hydrogens (tertiary/aromatic N) is 2. The van der Waals surface area contributed by atoms with E-state index in [2.05, 4.69) is 6.58 Å². The van der Waals surface area contributed by atoms with Gasteiger partial charge in [0.2, 0.25) is 5.91 Å². The Balaban J connectivity index is 1.75. The average molecular weight is 427 g/mol. The summed E-state index contributed by atoms with van der Waals surface area (Å²) in [5.74, 6) is -1.39. The summed E-state index contributed by atoms with van der Waals surface area (Å²) in [5.41, 5.74) is 0.615. The van der Waals surface area contributed by atoms with Crippen LogP contribution in [0, 0.1) is 0 Å². The van der Waals surface area contributed by atoms with E-state index in [9.17, 15) is 19.2 Å². The summed E-state index contributed by atoms with van der Waals surface area (Å²) in [7, 11) is 0. The number of hydrogen-bond acceptors (Lipinski definition) is 5. The first-order valence-electron chi connectivity index (χ1n) is 10.7. The number of amides is 3. The van der Waals surface area contributed by atoms with Gasteiger partial charge in [0.25, 0.3) is 11.8 Å². The number of hydrogen-bond donors (Lipinski definition) is 0. The monoisotopic (exact) mass is 426 g/mol. The van der Waals surface area contributed by atoms with Crippen LogP contribution >= 0.6 is 0 Å². The number of likely N-dealkylation sites (tertiary alicyclic amines) is 1. The van der Waals surface area contributed by atoms with Crippen molar-refractivity contribution in [2.24, 2.45) is 0 Å². The van der Waals surface area contributed by atoms with Crippen molar-refractivity contribution in [3.05, 3.63) is 47.5 Å². The highest BCUT2D eigenvalue weighted by Gasteiger charge is 2.37. The zero-order chi connectivity index (χ0) is 22.8. The van der Waals surface area contributed by atoms with Crippen molar-refractivity contribution in [2.75, 3.05) is 13.1 Å². The third-order valence-corrected chi connectivity index (χ3v) is 5.55. The maximum Gasteiger partial charge on any atom is 0.326 e. The average Bonchev–Trinajstić information content (AvgIpc) is 2.94. The van der Waals surface area contributed by atoms with Crippen LogP contribution in [0.1, 0.15) is 73.6 Å². The van der Waals surface area contributed by atoms with Gasteiger partial charge in [0, 0.05) is 18.2 Å². The SMILES string of the molecule is C=C1CCCCC(CCN2C(=O)c3ccccc3C2=O)N(CC(=O)OC(C)(C)C)C1=O. The molecular weight excluding hydrogens is 396 g/mol. The number of benzene rings is 1. The van der Waals surface area contributed by atoms with Crippen LogP contribution in [0.4, 0.5) is 0 Å². The van der Waals surface area contributed by atoms with Crippen LogP contribution < -0.4 is 0 Å². The van der Waals surface area contributed by atoms with Crippen LogP contribution in [0.25, 0.3) is 0 Å². The van der Waals surface area contributed by atoms with Crippen molar-refractivity contribution in [1.82, 2.24) is 9.80 Å². The first kappa shape index (κ1) is 22.7. The van der Waals surface area contributed by atoms with E-state index in [4.69, 9.17) is 4.74 Å². The molecule has 3 amide bonds. The number of fused-ring (bicyclic) bond motifs is 1. The molecule has 2 aliphatic heterocycles. The van der Waals surface area contributed by atoms with Gasteiger partial charge in [-0.3, -0.25) is 24.1 Å². The smallest absolute Gasteiger partial charge is 0.326 e. The lowest BCUT2D eigenvalue weighted by Crippen LogP contribution is -2.47. The van der Waals surface area contributed by atoms with Crippen LogP contribution in [-0.2, 0) is 14.3 Å². The maximum absolute atomic E-state index is 13.0. The second kappa shape index (κ2) is 9.04. The number of carbonyl (C=O) groups excluding carboxylic acids is 4. The van der Waals surface area contributed by atoms with Crippen molar-refractivity contribution in [1.29, 1.82) is 0 Å². The van der Waals surface area contributed by atoms with E-state index in [1.165, 1.54) is 9.80 Å². The minimum atomic E-state index is -0.657. The molecule has 0 radical (unpaired) electrons. The molecule has 1 fully saturated rings. The summed E-state index contributed by atoms with van der Waals surface area (Å²) in [6.45, 7) is 9.22. The number of imide groups is 1. The first-order valence-corrected chi connectivity index (χ1v) is 10.7. The minimum absolute atomic E-state index is 0.179. The van der Waals surface area contributed by atoms with Crippen molar-refractivity contribution in [3.8, 4) is 0 Å². The van der Waals surface area contributed by atoms with E-state index >= 15 is 0 Å². The standard InChI is InChI=1S/C24H30N2O5/c1-16-9-5-6-10-17(26(21(16)28)15-20(27)31-24(2,3)4)13-14-25-22(29)18-11-7-8-12-19(18)23(25)30/h7-8,11-12,17H,1,5-6,9-10,13-15H2,2-4H3. The van der Waals surface area contributed by atoms with Gasteiger partial charge in [0.05, 0.1) is 11.1 Å². The largest absolute Gasteiger partial charge is 0.459 e. The van der Waals surface area contributed by atoms with Crippen molar-refractivity contribution >= 4 is 23.7 Å². The van der Waals surface area contributed by atoms with Gasteiger partial charge >= 0.3 is 5.97 Å². The quantitative estimate of drug-likeness (QED) is 0.410. The maximum atomic E-state index is 13.0. The summed E-state index contributed by atoms with van der Waals surface area (Å²) in [5, 5.41) is 0. The zero-order valence-electron chi connectivity index (χ0n) is 18.5. The van der Waals surface area contributed by atoms with Crippen molar-refractivity contribution < 1.29 is 23.9 Å². The van der Waals surface area contributed by atoms with Crippen LogP contribution in [-0.4, -0.2) is 58.2 Å². The molecule has 7 nitrogen and oxygen atoms in total. The topological polar surface area (TPSA) is 84.0 Å². The molecular formula is C24H30N2O5.